The smallest absolute Gasteiger partial charge is 0.303 e. The van der Waals surface area contributed by atoms with Crippen LogP contribution in [0.5, 0.6) is 0 Å². The summed E-state index contributed by atoms with van der Waals surface area (Å²) in [6.07, 6.45) is -0.0626. The second-order valence-electron chi connectivity index (χ2n) is 9.36. The first kappa shape index (κ1) is 26.8. The van der Waals surface area contributed by atoms with Crippen LogP contribution in [0.25, 0.3) is 22.0 Å². The molecule has 0 unspecified atom stereocenters. The molecular weight excluding hydrogens is 536 g/mol. The van der Waals surface area contributed by atoms with E-state index in [0.717, 1.165) is 10.9 Å². The minimum absolute atomic E-state index is 0.0906. The maximum absolute atomic E-state index is 13.6. The van der Waals surface area contributed by atoms with E-state index in [9.17, 15) is 24.5 Å². The van der Waals surface area contributed by atoms with Crippen LogP contribution < -0.4 is 5.56 Å². The summed E-state index contributed by atoms with van der Waals surface area (Å²) in [4.78, 5) is 51.7. The number of nitro groups is 1. The molecule has 202 valence electrons. The molecule has 10 nitrogen and oxygen atoms in total. The molecule has 1 amide bonds. The Bertz CT molecular complexity index is 1730. The van der Waals surface area contributed by atoms with E-state index in [2.05, 4.69) is 10.1 Å². The van der Waals surface area contributed by atoms with Gasteiger partial charge in [-0.25, -0.2) is 5.01 Å². The Balaban J connectivity index is 1.66. The molecule has 0 saturated carbocycles. The maximum Gasteiger partial charge on any atom is 0.303 e. The molecule has 4 aromatic rings. The Morgan fingerprint density at radius 1 is 1.05 bits per heavy atom. The number of nitro benzene ring substituents is 1. The summed E-state index contributed by atoms with van der Waals surface area (Å²) >= 11 is 6.13. The Labute approximate surface area is 232 Å². The van der Waals surface area contributed by atoms with E-state index in [4.69, 9.17) is 16.7 Å². The number of halogens is 1. The molecule has 11 heteroatoms. The zero-order valence-corrected chi connectivity index (χ0v) is 21.8. The number of pyridine rings is 1. The second kappa shape index (κ2) is 11.1. The van der Waals surface area contributed by atoms with Crippen LogP contribution in [0.3, 0.4) is 0 Å². The Kier molecular flexibility index (Phi) is 7.43. The third-order valence-electron chi connectivity index (χ3n) is 6.76. The van der Waals surface area contributed by atoms with Gasteiger partial charge in [-0.2, -0.15) is 5.10 Å². The van der Waals surface area contributed by atoms with E-state index in [1.54, 1.807) is 36.4 Å². The van der Waals surface area contributed by atoms with Crippen molar-refractivity contribution in [2.24, 2.45) is 5.10 Å². The summed E-state index contributed by atoms with van der Waals surface area (Å²) in [7, 11) is 0. The van der Waals surface area contributed by atoms with E-state index in [1.165, 1.54) is 23.2 Å². The number of aliphatic carboxylic acids is 1. The van der Waals surface area contributed by atoms with Crippen LogP contribution in [0, 0.1) is 10.1 Å². The Morgan fingerprint density at radius 2 is 1.80 bits per heavy atom. The van der Waals surface area contributed by atoms with Gasteiger partial charge < -0.3 is 10.1 Å². The number of fused-ring (bicyclic) bond motifs is 1. The molecule has 2 N–H and O–H groups in total. The molecule has 40 heavy (non-hydrogen) atoms. The van der Waals surface area contributed by atoms with Crippen molar-refractivity contribution < 1.29 is 19.6 Å². The standard InChI is InChI=1S/C29H23ClN4O6/c30-19-13-11-17(12-14-19)27-21-7-1-2-8-22(21)31-29(38)28(27)23-16-24(18-5-3-6-20(15-18)34(39)40)33(32-23)25(35)9-4-10-26(36)37/h1-3,5-8,11-15,24H,4,9-10,16H2,(H,31,38)(H,36,37)/t24-/m1/s1. The predicted octanol–water partition coefficient (Wildman–Crippen LogP) is 5.69. The number of nitrogens with one attached hydrogen (secondary N) is 1. The van der Waals surface area contributed by atoms with Crippen LogP contribution in [-0.4, -0.2) is 37.6 Å². The third-order valence-corrected chi connectivity index (χ3v) is 7.01. The summed E-state index contributed by atoms with van der Waals surface area (Å²) in [6.45, 7) is 0. The number of carboxylic acid groups (broad SMARTS) is 1. The van der Waals surface area contributed by atoms with Gasteiger partial charge in [-0.3, -0.25) is 24.5 Å². The van der Waals surface area contributed by atoms with Crippen molar-refractivity contribution in [3.8, 4) is 11.1 Å². The SMILES string of the molecule is O=C(O)CCCC(=O)N1N=C(c2c(-c3ccc(Cl)cc3)c3ccccc3[nH]c2=O)C[C@@H]1c1cccc([N+](=O)[O-])c1. The molecule has 1 aromatic heterocycles. The second-order valence-corrected chi connectivity index (χ2v) is 9.80. The van der Waals surface area contributed by atoms with E-state index < -0.39 is 28.4 Å². The number of benzene rings is 3. The monoisotopic (exact) mass is 558 g/mol. The highest BCUT2D eigenvalue weighted by atomic mass is 35.5. The quantitative estimate of drug-likeness (QED) is 0.210. The average molecular weight is 559 g/mol. The van der Waals surface area contributed by atoms with Crippen molar-refractivity contribution in [1.82, 2.24) is 9.99 Å². The number of carboxylic acids is 1. The molecule has 2 heterocycles. The van der Waals surface area contributed by atoms with Gasteiger partial charge in [-0.1, -0.05) is 54.1 Å². The van der Waals surface area contributed by atoms with Crippen molar-refractivity contribution in [2.45, 2.75) is 31.7 Å². The number of hydrogen-bond acceptors (Lipinski definition) is 6. The molecule has 0 fully saturated rings. The number of rotatable bonds is 8. The summed E-state index contributed by atoms with van der Waals surface area (Å²) < 4.78 is 0. The van der Waals surface area contributed by atoms with Crippen LogP contribution in [0.4, 0.5) is 5.69 Å². The van der Waals surface area contributed by atoms with E-state index >= 15 is 0 Å². The lowest BCUT2D eigenvalue weighted by molar-refractivity contribution is -0.385. The van der Waals surface area contributed by atoms with E-state index in [0.29, 0.717) is 27.4 Å². The molecule has 1 atom stereocenters. The third kappa shape index (κ3) is 5.34. The predicted molar refractivity (Wildman–Crippen MR) is 150 cm³/mol. The number of hydrogen-bond donors (Lipinski definition) is 2. The first-order valence-electron chi connectivity index (χ1n) is 12.5. The van der Waals surface area contributed by atoms with Crippen LogP contribution in [-0.2, 0) is 9.59 Å². The number of carbonyl (C=O) groups excluding carboxylic acids is 1. The number of aromatic amines is 1. The van der Waals surface area contributed by atoms with Crippen molar-refractivity contribution in [3.05, 3.63) is 109 Å². The lowest BCUT2D eigenvalue weighted by atomic mass is 9.91. The molecule has 0 radical (unpaired) electrons. The van der Waals surface area contributed by atoms with Crippen molar-refractivity contribution >= 4 is 45.8 Å². The van der Waals surface area contributed by atoms with Gasteiger partial charge in [-0.15, -0.1) is 0 Å². The molecule has 5 rings (SSSR count). The number of hydrazone groups is 1. The molecule has 1 aliphatic rings. The fourth-order valence-corrected chi connectivity index (χ4v) is 5.06. The van der Waals surface area contributed by atoms with E-state index in [1.807, 2.05) is 18.2 Å². The zero-order chi connectivity index (χ0) is 28.4. The van der Waals surface area contributed by atoms with Crippen LogP contribution in [0.2, 0.25) is 5.02 Å². The molecule has 0 spiro atoms. The maximum atomic E-state index is 13.6. The Morgan fingerprint density at radius 3 is 2.52 bits per heavy atom. The van der Waals surface area contributed by atoms with Crippen molar-refractivity contribution in [3.63, 3.8) is 0 Å². The number of nitrogens with zero attached hydrogens (tertiary/aromatic N) is 3. The number of amides is 1. The van der Waals surface area contributed by atoms with Gasteiger partial charge in [0, 0.05) is 52.9 Å². The first-order chi connectivity index (χ1) is 19.2. The molecule has 0 saturated heterocycles. The number of para-hydroxylation sites is 1. The van der Waals surface area contributed by atoms with Gasteiger partial charge in [0.25, 0.3) is 11.2 Å². The number of carbonyl (C=O) groups is 2. The molecule has 0 bridgehead atoms. The minimum Gasteiger partial charge on any atom is -0.481 e. The van der Waals surface area contributed by atoms with Gasteiger partial charge in [0.2, 0.25) is 5.91 Å². The summed E-state index contributed by atoms with van der Waals surface area (Å²) in [5.74, 6) is -1.47. The average Bonchev–Trinajstić information content (AvgIpc) is 3.38. The lowest BCUT2D eigenvalue weighted by Gasteiger charge is -2.22. The minimum atomic E-state index is -1.02. The number of H-pyrrole nitrogens is 1. The van der Waals surface area contributed by atoms with Crippen LogP contribution in [0.15, 0.2) is 82.7 Å². The van der Waals surface area contributed by atoms with Crippen molar-refractivity contribution in [2.75, 3.05) is 0 Å². The van der Waals surface area contributed by atoms with Gasteiger partial charge in [-0.05, 0) is 35.7 Å². The number of aromatic nitrogens is 1. The number of non-ortho nitro benzene ring substituents is 1. The fourth-order valence-electron chi connectivity index (χ4n) is 4.94. The van der Waals surface area contributed by atoms with Crippen LogP contribution in [0.1, 0.15) is 42.9 Å². The van der Waals surface area contributed by atoms with Crippen LogP contribution >= 0.6 is 11.6 Å². The highest BCUT2D eigenvalue weighted by Crippen LogP contribution is 2.38. The Hall–Kier alpha value is -4.83. The highest BCUT2D eigenvalue weighted by molar-refractivity contribution is 6.30. The fraction of sp³-hybridized carbons (Fsp3) is 0.172. The van der Waals surface area contributed by atoms with Gasteiger partial charge in [0.05, 0.1) is 22.2 Å². The summed E-state index contributed by atoms with van der Waals surface area (Å²) in [5, 5.41) is 27.6. The zero-order valence-electron chi connectivity index (χ0n) is 21.0. The molecule has 1 aliphatic heterocycles. The van der Waals surface area contributed by atoms with Crippen molar-refractivity contribution in [1.29, 1.82) is 0 Å². The normalized spacial score (nSPS) is 14.8. The topological polar surface area (TPSA) is 146 Å². The van der Waals surface area contributed by atoms with E-state index in [-0.39, 0.29) is 36.9 Å². The largest absolute Gasteiger partial charge is 0.481 e. The van der Waals surface area contributed by atoms with Gasteiger partial charge in [0.1, 0.15) is 0 Å². The molecule has 0 aliphatic carbocycles. The highest BCUT2D eigenvalue weighted by Gasteiger charge is 2.35. The molecule has 3 aromatic carbocycles. The summed E-state index contributed by atoms with van der Waals surface area (Å²) in [6, 6.07) is 19.6. The first-order valence-corrected chi connectivity index (χ1v) is 12.9. The molecular formula is C29H23ClN4O6. The summed E-state index contributed by atoms with van der Waals surface area (Å²) in [5.41, 5.74) is 2.50. The van der Waals surface area contributed by atoms with Gasteiger partial charge in [0.15, 0.2) is 0 Å². The lowest BCUT2D eigenvalue weighted by Crippen LogP contribution is -2.27. The van der Waals surface area contributed by atoms with Gasteiger partial charge >= 0.3 is 5.97 Å².